The van der Waals surface area contributed by atoms with E-state index in [2.05, 4.69) is 10.2 Å². The zero-order valence-electron chi connectivity index (χ0n) is 12.9. The minimum Gasteiger partial charge on any atom is -0.341 e. The van der Waals surface area contributed by atoms with E-state index >= 15 is 0 Å². The predicted octanol–water partition coefficient (Wildman–Crippen LogP) is 2.58. The van der Waals surface area contributed by atoms with Gasteiger partial charge in [-0.3, -0.25) is 4.79 Å². The summed E-state index contributed by atoms with van der Waals surface area (Å²) in [6.45, 7) is 3.64. The van der Waals surface area contributed by atoms with Crippen LogP contribution in [0.4, 0.5) is 0 Å². The van der Waals surface area contributed by atoms with E-state index in [1.54, 1.807) is 0 Å². The van der Waals surface area contributed by atoms with Gasteiger partial charge in [0.1, 0.15) is 11.1 Å². The molecule has 1 fully saturated rings. The summed E-state index contributed by atoms with van der Waals surface area (Å²) in [5.41, 5.74) is 1.02. The summed E-state index contributed by atoms with van der Waals surface area (Å²) >= 11 is 1.48. The second-order valence-corrected chi connectivity index (χ2v) is 6.60. The summed E-state index contributed by atoms with van der Waals surface area (Å²) in [5, 5.41) is 8.80. The lowest BCUT2D eigenvalue weighted by atomic mass is 10.1. The maximum absolute atomic E-state index is 12.9. The van der Waals surface area contributed by atoms with Crippen molar-refractivity contribution >= 4 is 17.7 Å². The highest BCUT2D eigenvalue weighted by atomic mass is 32.2. The summed E-state index contributed by atoms with van der Waals surface area (Å²) in [7, 11) is 1.93. The number of amides is 1. The summed E-state index contributed by atoms with van der Waals surface area (Å²) in [6, 6.07) is 9.94. The predicted molar refractivity (Wildman–Crippen MR) is 86.6 cm³/mol. The number of benzene rings is 1. The molecule has 0 unspecified atom stereocenters. The lowest BCUT2D eigenvalue weighted by Gasteiger charge is -2.22. The molecule has 0 spiro atoms. The molecule has 0 radical (unpaired) electrons. The highest BCUT2D eigenvalue weighted by molar-refractivity contribution is 8.00. The molecular weight excluding hydrogens is 296 g/mol. The zero-order valence-corrected chi connectivity index (χ0v) is 13.7. The van der Waals surface area contributed by atoms with Crippen LogP contribution in [0, 0.1) is 6.92 Å². The Morgan fingerprint density at radius 3 is 2.45 bits per heavy atom. The number of rotatable bonds is 4. The molecule has 2 aromatic rings. The maximum Gasteiger partial charge on any atom is 0.240 e. The van der Waals surface area contributed by atoms with E-state index in [1.807, 2.05) is 53.8 Å². The van der Waals surface area contributed by atoms with E-state index < -0.39 is 0 Å². The molecule has 2 heterocycles. The van der Waals surface area contributed by atoms with Crippen LogP contribution in [0.3, 0.4) is 0 Å². The van der Waals surface area contributed by atoms with Gasteiger partial charge in [0.25, 0.3) is 0 Å². The van der Waals surface area contributed by atoms with Crippen LogP contribution in [-0.2, 0) is 11.8 Å². The number of nitrogens with zero attached hydrogens (tertiary/aromatic N) is 4. The molecule has 3 rings (SSSR count). The first-order valence-electron chi connectivity index (χ1n) is 7.53. The highest BCUT2D eigenvalue weighted by Crippen LogP contribution is 2.36. The zero-order chi connectivity index (χ0) is 15.5. The summed E-state index contributed by atoms with van der Waals surface area (Å²) < 4.78 is 1.93. The number of carbonyl (C=O) groups is 1. The van der Waals surface area contributed by atoms with Gasteiger partial charge >= 0.3 is 0 Å². The minimum absolute atomic E-state index is 0.175. The van der Waals surface area contributed by atoms with Crippen LogP contribution in [0.5, 0.6) is 0 Å². The largest absolute Gasteiger partial charge is 0.341 e. The Morgan fingerprint density at radius 1 is 1.18 bits per heavy atom. The molecule has 22 heavy (non-hydrogen) atoms. The molecular formula is C16H20N4OS. The molecule has 0 aliphatic carbocycles. The van der Waals surface area contributed by atoms with Gasteiger partial charge in [0, 0.05) is 20.1 Å². The summed E-state index contributed by atoms with van der Waals surface area (Å²) in [4.78, 5) is 14.9. The van der Waals surface area contributed by atoms with Gasteiger partial charge in [-0.15, -0.1) is 10.2 Å². The second-order valence-electron chi connectivity index (χ2n) is 5.53. The lowest BCUT2D eigenvalue weighted by Crippen LogP contribution is -2.31. The molecule has 1 aliphatic rings. The summed E-state index contributed by atoms with van der Waals surface area (Å²) in [5.74, 6) is 1.03. The van der Waals surface area contributed by atoms with Crippen LogP contribution >= 0.6 is 11.8 Å². The van der Waals surface area contributed by atoms with E-state index in [1.165, 1.54) is 11.8 Å². The molecule has 116 valence electrons. The van der Waals surface area contributed by atoms with E-state index in [-0.39, 0.29) is 11.2 Å². The van der Waals surface area contributed by atoms with E-state index in [0.717, 1.165) is 42.5 Å². The van der Waals surface area contributed by atoms with Crippen LogP contribution in [0.15, 0.2) is 35.5 Å². The molecule has 1 aliphatic heterocycles. The number of thioether (sulfide) groups is 1. The monoisotopic (exact) mass is 316 g/mol. The molecule has 1 aromatic heterocycles. The van der Waals surface area contributed by atoms with Crippen LogP contribution in [0.2, 0.25) is 0 Å². The van der Waals surface area contributed by atoms with Gasteiger partial charge in [-0.1, -0.05) is 42.1 Å². The number of aryl methyl sites for hydroxylation is 1. The first kappa shape index (κ1) is 15.1. The fourth-order valence-corrected chi connectivity index (χ4v) is 3.72. The molecule has 1 aromatic carbocycles. The van der Waals surface area contributed by atoms with Crippen LogP contribution in [0.1, 0.15) is 29.5 Å². The molecule has 0 saturated carbocycles. The third kappa shape index (κ3) is 3.02. The lowest BCUT2D eigenvalue weighted by molar-refractivity contribution is -0.129. The third-order valence-corrected chi connectivity index (χ3v) is 5.30. The van der Waals surface area contributed by atoms with Crippen molar-refractivity contribution in [2.75, 3.05) is 13.1 Å². The van der Waals surface area contributed by atoms with Crippen molar-refractivity contribution in [1.29, 1.82) is 0 Å². The van der Waals surface area contributed by atoms with Crippen LogP contribution in [0.25, 0.3) is 0 Å². The molecule has 1 saturated heterocycles. The molecule has 1 amide bonds. The second kappa shape index (κ2) is 6.52. The number of carbonyl (C=O) groups excluding carboxylic acids is 1. The van der Waals surface area contributed by atoms with Crippen molar-refractivity contribution in [1.82, 2.24) is 19.7 Å². The first-order chi connectivity index (χ1) is 10.7. The number of hydrogen-bond acceptors (Lipinski definition) is 4. The molecule has 0 N–H and O–H groups in total. The molecule has 1 atom stereocenters. The van der Waals surface area contributed by atoms with Gasteiger partial charge in [-0.05, 0) is 25.3 Å². The van der Waals surface area contributed by atoms with Crippen molar-refractivity contribution in [2.24, 2.45) is 7.05 Å². The van der Waals surface area contributed by atoms with E-state index in [0.29, 0.717) is 0 Å². The Labute approximate surface area is 134 Å². The molecule has 6 heteroatoms. The smallest absolute Gasteiger partial charge is 0.240 e. The van der Waals surface area contributed by atoms with Crippen molar-refractivity contribution < 1.29 is 4.79 Å². The van der Waals surface area contributed by atoms with Crippen molar-refractivity contribution in [3.8, 4) is 0 Å². The third-order valence-electron chi connectivity index (χ3n) is 4.02. The molecule has 0 bridgehead atoms. The topological polar surface area (TPSA) is 51.0 Å². The first-order valence-corrected chi connectivity index (χ1v) is 8.41. The summed E-state index contributed by atoms with van der Waals surface area (Å²) in [6.07, 6.45) is 2.20. The highest BCUT2D eigenvalue weighted by Gasteiger charge is 2.30. The maximum atomic E-state index is 12.9. The Kier molecular flexibility index (Phi) is 4.47. The Hall–Kier alpha value is -1.82. The van der Waals surface area contributed by atoms with Crippen molar-refractivity contribution in [3.63, 3.8) is 0 Å². The Balaban J connectivity index is 1.89. The van der Waals surface area contributed by atoms with E-state index in [9.17, 15) is 4.79 Å². The van der Waals surface area contributed by atoms with Crippen LogP contribution in [-0.4, -0.2) is 38.7 Å². The quantitative estimate of drug-likeness (QED) is 0.814. The van der Waals surface area contributed by atoms with Crippen molar-refractivity contribution in [2.45, 2.75) is 30.2 Å². The van der Waals surface area contributed by atoms with Crippen molar-refractivity contribution in [3.05, 3.63) is 41.7 Å². The molecule has 5 nitrogen and oxygen atoms in total. The van der Waals surface area contributed by atoms with Crippen LogP contribution < -0.4 is 0 Å². The normalized spacial score (nSPS) is 16.0. The standard InChI is InChI=1S/C16H20N4OS/c1-12-17-18-16(19(12)2)22-14(13-8-4-3-5-9-13)15(21)20-10-6-7-11-20/h3-5,8-9,14H,6-7,10-11H2,1-2H3/t14-/m0/s1. The number of hydrogen-bond donors (Lipinski definition) is 0. The number of aromatic nitrogens is 3. The fraction of sp³-hybridized carbons (Fsp3) is 0.438. The van der Waals surface area contributed by atoms with Gasteiger partial charge in [-0.2, -0.15) is 0 Å². The fourth-order valence-electron chi connectivity index (χ4n) is 2.59. The Morgan fingerprint density at radius 2 is 1.86 bits per heavy atom. The average molecular weight is 316 g/mol. The van der Waals surface area contributed by atoms with E-state index in [4.69, 9.17) is 0 Å². The minimum atomic E-state index is -0.262. The van der Waals surface area contributed by atoms with Gasteiger partial charge in [0.05, 0.1) is 0 Å². The average Bonchev–Trinajstić information content (AvgIpc) is 3.18. The Bertz CT molecular complexity index is 649. The van der Waals surface area contributed by atoms with Gasteiger partial charge in [0.2, 0.25) is 5.91 Å². The van der Waals surface area contributed by atoms with Gasteiger partial charge in [-0.25, -0.2) is 0 Å². The van der Waals surface area contributed by atoms with Gasteiger partial charge in [0.15, 0.2) is 5.16 Å². The number of likely N-dealkylation sites (tertiary alicyclic amines) is 1. The SMILES string of the molecule is Cc1nnc(S[C@H](C(=O)N2CCCC2)c2ccccc2)n1C. The van der Waals surface area contributed by atoms with Gasteiger partial charge < -0.3 is 9.47 Å².